The molecule has 0 saturated carbocycles. The summed E-state index contributed by atoms with van der Waals surface area (Å²) in [7, 11) is 0. The van der Waals surface area contributed by atoms with Gasteiger partial charge in [-0.15, -0.1) is 11.8 Å². The van der Waals surface area contributed by atoms with Gasteiger partial charge in [-0.2, -0.15) is 0 Å². The highest BCUT2D eigenvalue weighted by molar-refractivity contribution is 9.10. The number of hydrogen-bond donors (Lipinski definition) is 1. The average molecular weight is 478 g/mol. The molecule has 2 aromatic carbocycles. The standard InChI is InChI=1S/C22H24BrNO4S/c23-17-3-1-2-4-20(17)29-12-7-21(25)24-14-22(8-10-26-11-9-22)16-5-6-18-19(13-16)28-15-27-18/h1-6,13H,7-12,14-15H2,(H,24,25). The number of halogens is 1. The van der Waals surface area contributed by atoms with Gasteiger partial charge in [0, 0.05) is 46.7 Å². The molecular formula is C22H24BrNO4S. The van der Waals surface area contributed by atoms with Crippen molar-refractivity contribution in [3.05, 3.63) is 52.5 Å². The third-order valence-corrected chi connectivity index (χ3v) is 7.51. The molecule has 1 amide bonds. The van der Waals surface area contributed by atoms with Gasteiger partial charge in [-0.3, -0.25) is 4.79 Å². The lowest BCUT2D eigenvalue weighted by atomic mass is 9.74. The molecule has 1 N–H and O–H groups in total. The summed E-state index contributed by atoms with van der Waals surface area (Å²) in [4.78, 5) is 13.7. The molecule has 2 aliphatic heterocycles. The van der Waals surface area contributed by atoms with Crippen LogP contribution in [-0.2, 0) is 14.9 Å². The lowest BCUT2D eigenvalue weighted by Crippen LogP contribution is -2.44. The molecule has 7 heteroatoms. The van der Waals surface area contributed by atoms with Gasteiger partial charge in [0.05, 0.1) is 0 Å². The van der Waals surface area contributed by atoms with Gasteiger partial charge in [0.2, 0.25) is 12.7 Å². The number of fused-ring (bicyclic) bond motifs is 1. The largest absolute Gasteiger partial charge is 0.454 e. The van der Waals surface area contributed by atoms with E-state index in [0.29, 0.717) is 26.2 Å². The number of carbonyl (C=O) groups excluding carboxylic acids is 1. The van der Waals surface area contributed by atoms with Crippen LogP contribution in [0.5, 0.6) is 11.5 Å². The molecule has 0 radical (unpaired) electrons. The molecule has 0 aromatic heterocycles. The van der Waals surface area contributed by atoms with Gasteiger partial charge in [0.25, 0.3) is 0 Å². The van der Waals surface area contributed by atoms with E-state index in [4.69, 9.17) is 14.2 Å². The van der Waals surface area contributed by atoms with E-state index < -0.39 is 0 Å². The first-order valence-electron chi connectivity index (χ1n) is 9.78. The average Bonchev–Trinajstić information content (AvgIpc) is 3.22. The first-order valence-corrected chi connectivity index (χ1v) is 11.6. The molecule has 1 saturated heterocycles. The molecule has 0 unspecified atom stereocenters. The Morgan fingerprint density at radius 1 is 1.10 bits per heavy atom. The van der Waals surface area contributed by atoms with Crippen LogP contribution >= 0.6 is 27.7 Å². The molecule has 0 aliphatic carbocycles. The van der Waals surface area contributed by atoms with Gasteiger partial charge in [-0.25, -0.2) is 0 Å². The van der Waals surface area contributed by atoms with E-state index in [2.05, 4.69) is 39.4 Å². The van der Waals surface area contributed by atoms with Gasteiger partial charge in [0.1, 0.15) is 0 Å². The van der Waals surface area contributed by atoms with E-state index in [1.165, 1.54) is 5.56 Å². The minimum atomic E-state index is -0.134. The molecular weight excluding hydrogens is 454 g/mol. The number of benzene rings is 2. The molecule has 154 valence electrons. The summed E-state index contributed by atoms with van der Waals surface area (Å²) in [5.74, 6) is 2.39. The number of nitrogens with one attached hydrogen (secondary N) is 1. The molecule has 29 heavy (non-hydrogen) atoms. The highest BCUT2D eigenvalue weighted by Crippen LogP contribution is 2.40. The zero-order valence-corrected chi connectivity index (χ0v) is 18.5. The van der Waals surface area contributed by atoms with Crippen LogP contribution in [0.3, 0.4) is 0 Å². The molecule has 2 aliphatic rings. The number of amides is 1. The second-order valence-electron chi connectivity index (χ2n) is 7.27. The summed E-state index contributed by atoms with van der Waals surface area (Å²) in [6.45, 7) is 2.26. The zero-order valence-electron chi connectivity index (χ0n) is 16.1. The van der Waals surface area contributed by atoms with Crippen LogP contribution < -0.4 is 14.8 Å². The normalized spacial score (nSPS) is 17.1. The van der Waals surface area contributed by atoms with Crippen molar-refractivity contribution in [1.82, 2.24) is 5.32 Å². The Labute approximate surface area is 183 Å². The maximum atomic E-state index is 12.5. The lowest BCUT2D eigenvalue weighted by Gasteiger charge is -2.38. The number of thioether (sulfide) groups is 1. The van der Waals surface area contributed by atoms with E-state index in [0.717, 1.165) is 39.5 Å². The molecule has 2 aromatic rings. The van der Waals surface area contributed by atoms with E-state index in [1.807, 2.05) is 24.3 Å². The first-order chi connectivity index (χ1) is 14.2. The van der Waals surface area contributed by atoms with E-state index in [1.54, 1.807) is 11.8 Å². The van der Waals surface area contributed by atoms with Crippen molar-refractivity contribution >= 4 is 33.6 Å². The Balaban J connectivity index is 1.36. The molecule has 0 spiro atoms. The first kappa shape index (κ1) is 20.6. The van der Waals surface area contributed by atoms with Crippen LogP contribution in [0.1, 0.15) is 24.8 Å². The van der Waals surface area contributed by atoms with Crippen molar-refractivity contribution < 1.29 is 19.0 Å². The summed E-state index contributed by atoms with van der Waals surface area (Å²) in [5, 5.41) is 3.17. The number of hydrogen-bond acceptors (Lipinski definition) is 5. The number of rotatable bonds is 7. The van der Waals surface area contributed by atoms with E-state index in [-0.39, 0.29) is 18.1 Å². The molecule has 0 bridgehead atoms. The topological polar surface area (TPSA) is 56.8 Å². The molecule has 0 atom stereocenters. The predicted molar refractivity (Wildman–Crippen MR) is 117 cm³/mol. The minimum Gasteiger partial charge on any atom is -0.454 e. The van der Waals surface area contributed by atoms with Crippen molar-refractivity contribution in [2.24, 2.45) is 0 Å². The molecule has 4 rings (SSSR count). The van der Waals surface area contributed by atoms with Crippen molar-refractivity contribution in [1.29, 1.82) is 0 Å². The van der Waals surface area contributed by atoms with Crippen LogP contribution in [0.15, 0.2) is 51.8 Å². The smallest absolute Gasteiger partial charge is 0.231 e. The van der Waals surface area contributed by atoms with E-state index >= 15 is 0 Å². The summed E-state index contributed by atoms with van der Waals surface area (Å²) in [6, 6.07) is 14.2. The van der Waals surface area contributed by atoms with Crippen molar-refractivity contribution in [2.75, 3.05) is 32.3 Å². The summed E-state index contributed by atoms with van der Waals surface area (Å²) in [5.41, 5.74) is 1.04. The van der Waals surface area contributed by atoms with Crippen molar-refractivity contribution in [2.45, 2.75) is 29.6 Å². The van der Waals surface area contributed by atoms with Crippen LogP contribution in [0.25, 0.3) is 0 Å². The summed E-state index contributed by atoms with van der Waals surface area (Å²) >= 11 is 5.24. The van der Waals surface area contributed by atoms with Crippen LogP contribution in [-0.4, -0.2) is 38.2 Å². The van der Waals surface area contributed by atoms with Gasteiger partial charge >= 0.3 is 0 Å². The zero-order chi connectivity index (χ0) is 20.1. The number of carbonyl (C=O) groups is 1. The van der Waals surface area contributed by atoms with Crippen LogP contribution in [0.4, 0.5) is 0 Å². The quantitative estimate of drug-likeness (QED) is 0.593. The molecule has 1 fully saturated rings. The Bertz CT molecular complexity index is 870. The van der Waals surface area contributed by atoms with Gasteiger partial charge in [-0.1, -0.05) is 18.2 Å². The monoisotopic (exact) mass is 477 g/mol. The fourth-order valence-electron chi connectivity index (χ4n) is 3.73. The van der Waals surface area contributed by atoms with Gasteiger partial charge < -0.3 is 19.5 Å². The number of ether oxygens (including phenoxy) is 3. The molecule has 2 heterocycles. The second-order valence-corrected chi connectivity index (χ2v) is 9.26. The summed E-state index contributed by atoms with van der Waals surface area (Å²) in [6.07, 6.45) is 2.23. The Hall–Kier alpha value is -1.70. The van der Waals surface area contributed by atoms with Gasteiger partial charge in [-0.05, 0) is 58.6 Å². The Kier molecular flexibility index (Phi) is 6.67. The van der Waals surface area contributed by atoms with Gasteiger partial charge in [0.15, 0.2) is 11.5 Å². The summed E-state index contributed by atoms with van der Waals surface area (Å²) < 4.78 is 17.7. The highest BCUT2D eigenvalue weighted by Gasteiger charge is 2.36. The third-order valence-electron chi connectivity index (χ3n) is 5.48. The fourth-order valence-corrected chi connectivity index (χ4v) is 5.24. The highest BCUT2D eigenvalue weighted by atomic mass is 79.9. The Morgan fingerprint density at radius 3 is 2.72 bits per heavy atom. The second kappa shape index (κ2) is 9.41. The fraction of sp³-hybridized carbons (Fsp3) is 0.409. The SMILES string of the molecule is O=C(CCSc1ccccc1Br)NCC1(c2ccc3c(c2)OCO3)CCOCC1. The Morgan fingerprint density at radius 2 is 1.90 bits per heavy atom. The maximum Gasteiger partial charge on any atom is 0.231 e. The van der Waals surface area contributed by atoms with Crippen molar-refractivity contribution in [3.63, 3.8) is 0 Å². The lowest BCUT2D eigenvalue weighted by molar-refractivity contribution is -0.121. The third kappa shape index (κ3) is 4.90. The van der Waals surface area contributed by atoms with Crippen LogP contribution in [0.2, 0.25) is 0 Å². The minimum absolute atomic E-state index is 0.0798. The van der Waals surface area contributed by atoms with Crippen molar-refractivity contribution in [3.8, 4) is 11.5 Å². The maximum absolute atomic E-state index is 12.5. The molecule has 5 nitrogen and oxygen atoms in total. The van der Waals surface area contributed by atoms with E-state index in [9.17, 15) is 4.79 Å². The predicted octanol–water partition coefficient (Wildman–Crippen LogP) is 4.52. The van der Waals surface area contributed by atoms with Crippen LogP contribution in [0, 0.1) is 0 Å².